The SMILES string of the molecule is O=C(Nc1cc(Cl)cc(Cl)c1)[C@@H]1[C@@H]2C=C[C@]3(O2)[C@@H]1C(=O)N(CCC1=CCCCC1)[C@@H]3C(=O)NC1CCCCC1. The molecule has 5 atom stereocenters. The summed E-state index contributed by atoms with van der Waals surface area (Å²) in [6, 6.07) is 4.13. The molecule has 39 heavy (non-hydrogen) atoms. The number of hydrogen-bond acceptors (Lipinski definition) is 4. The highest BCUT2D eigenvalue weighted by molar-refractivity contribution is 6.35. The second-order valence-corrected chi connectivity index (χ2v) is 12.5. The lowest BCUT2D eigenvalue weighted by Crippen LogP contribution is -2.56. The van der Waals surface area contributed by atoms with Gasteiger partial charge < -0.3 is 20.3 Å². The maximum absolute atomic E-state index is 14.1. The van der Waals surface area contributed by atoms with Crippen molar-refractivity contribution >= 4 is 46.6 Å². The molecule has 6 rings (SSSR count). The summed E-state index contributed by atoms with van der Waals surface area (Å²) in [6.07, 6.45) is 15.8. The number of carbonyl (C=O) groups excluding carboxylic acids is 3. The van der Waals surface area contributed by atoms with E-state index in [1.54, 1.807) is 23.1 Å². The van der Waals surface area contributed by atoms with Crippen molar-refractivity contribution < 1.29 is 19.1 Å². The molecule has 2 N–H and O–H groups in total. The molecular formula is C30H35Cl2N3O4. The smallest absolute Gasteiger partial charge is 0.246 e. The van der Waals surface area contributed by atoms with Crippen LogP contribution in [0, 0.1) is 11.8 Å². The third-order valence-corrected chi connectivity index (χ3v) is 9.50. The van der Waals surface area contributed by atoms with Crippen LogP contribution < -0.4 is 10.6 Å². The molecule has 5 aliphatic rings. The van der Waals surface area contributed by atoms with Crippen molar-refractivity contribution in [2.75, 3.05) is 11.9 Å². The van der Waals surface area contributed by atoms with Crippen molar-refractivity contribution in [1.29, 1.82) is 0 Å². The minimum absolute atomic E-state index is 0.106. The summed E-state index contributed by atoms with van der Waals surface area (Å²) in [5.74, 6) is -2.24. The summed E-state index contributed by atoms with van der Waals surface area (Å²) < 4.78 is 6.46. The molecule has 0 radical (unpaired) electrons. The standard InChI is InChI=1S/C30H35Cl2N3O4/c31-19-15-20(32)17-22(16-19)34-27(36)24-23-11-13-30(39-23)25(24)29(38)35(14-12-18-7-3-1-4-8-18)26(30)28(37)33-21-9-5-2-6-10-21/h7,11,13,15-17,21,23-26H,1-6,8-10,12,14H2,(H,33,37)(H,34,36)/t23-,24+,25-,26+,30-/m0/s1. The van der Waals surface area contributed by atoms with Gasteiger partial charge in [0.15, 0.2) is 0 Å². The monoisotopic (exact) mass is 571 g/mol. The number of hydrogen-bond donors (Lipinski definition) is 2. The van der Waals surface area contributed by atoms with E-state index in [9.17, 15) is 14.4 Å². The van der Waals surface area contributed by atoms with Crippen LogP contribution in [0.3, 0.4) is 0 Å². The summed E-state index contributed by atoms with van der Waals surface area (Å²) in [6.45, 7) is 0.436. The molecule has 2 saturated heterocycles. The molecule has 2 bridgehead atoms. The lowest BCUT2D eigenvalue weighted by Gasteiger charge is -2.34. The van der Waals surface area contributed by atoms with Crippen LogP contribution in [0.25, 0.3) is 0 Å². The molecule has 1 aromatic rings. The Bertz CT molecular complexity index is 1210. The molecule has 0 aromatic heterocycles. The average Bonchev–Trinajstić information content (AvgIpc) is 3.55. The summed E-state index contributed by atoms with van der Waals surface area (Å²) in [5.41, 5.74) is 0.634. The molecule has 1 aromatic carbocycles. The van der Waals surface area contributed by atoms with Gasteiger partial charge >= 0.3 is 0 Å². The van der Waals surface area contributed by atoms with Crippen LogP contribution in [0.2, 0.25) is 10.0 Å². The lowest BCUT2D eigenvalue weighted by molar-refractivity contribution is -0.141. The predicted octanol–water partition coefficient (Wildman–Crippen LogP) is 5.42. The van der Waals surface area contributed by atoms with Gasteiger partial charge in [-0.2, -0.15) is 0 Å². The summed E-state index contributed by atoms with van der Waals surface area (Å²) >= 11 is 12.3. The minimum atomic E-state index is -1.16. The van der Waals surface area contributed by atoms with Crippen molar-refractivity contribution in [3.05, 3.63) is 52.0 Å². The second-order valence-electron chi connectivity index (χ2n) is 11.6. The van der Waals surface area contributed by atoms with Crippen molar-refractivity contribution in [2.24, 2.45) is 11.8 Å². The van der Waals surface area contributed by atoms with E-state index in [0.29, 0.717) is 22.3 Å². The number of allylic oxidation sites excluding steroid dienone is 1. The Labute approximate surface area is 239 Å². The van der Waals surface area contributed by atoms with E-state index in [1.807, 2.05) is 12.2 Å². The first kappa shape index (κ1) is 26.9. The van der Waals surface area contributed by atoms with E-state index in [-0.39, 0.29) is 23.8 Å². The van der Waals surface area contributed by atoms with Gasteiger partial charge in [-0.15, -0.1) is 0 Å². The number of likely N-dealkylation sites (tertiary alicyclic amines) is 1. The highest BCUT2D eigenvalue weighted by atomic mass is 35.5. The number of halogens is 2. The molecular weight excluding hydrogens is 537 g/mol. The highest BCUT2D eigenvalue weighted by Crippen LogP contribution is 2.55. The fourth-order valence-corrected chi connectivity index (χ4v) is 7.81. The number of rotatable bonds is 7. The highest BCUT2D eigenvalue weighted by Gasteiger charge is 2.72. The van der Waals surface area contributed by atoms with Crippen LogP contribution in [-0.4, -0.2) is 53.0 Å². The first-order chi connectivity index (χ1) is 18.9. The predicted molar refractivity (Wildman–Crippen MR) is 151 cm³/mol. The maximum atomic E-state index is 14.1. The first-order valence-electron chi connectivity index (χ1n) is 14.3. The van der Waals surface area contributed by atoms with Crippen LogP contribution in [0.5, 0.6) is 0 Å². The number of nitrogens with zero attached hydrogens (tertiary/aromatic N) is 1. The Hall–Kier alpha value is -2.35. The van der Waals surface area contributed by atoms with Crippen molar-refractivity contribution in [3.63, 3.8) is 0 Å². The quantitative estimate of drug-likeness (QED) is 0.427. The van der Waals surface area contributed by atoms with Crippen molar-refractivity contribution in [1.82, 2.24) is 10.2 Å². The van der Waals surface area contributed by atoms with Gasteiger partial charge in [0.05, 0.1) is 17.9 Å². The molecule has 3 amide bonds. The molecule has 7 nitrogen and oxygen atoms in total. The minimum Gasteiger partial charge on any atom is -0.359 e. The molecule has 2 aliphatic carbocycles. The fraction of sp³-hybridized carbons (Fsp3) is 0.567. The van der Waals surface area contributed by atoms with Gasteiger partial charge in [-0.05, 0) is 63.1 Å². The Balaban J connectivity index is 1.28. The Morgan fingerprint density at radius 2 is 1.79 bits per heavy atom. The van der Waals surface area contributed by atoms with E-state index in [1.165, 1.54) is 18.4 Å². The Kier molecular flexibility index (Phi) is 7.51. The summed E-state index contributed by atoms with van der Waals surface area (Å²) in [7, 11) is 0. The van der Waals surface area contributed by atoms with Gasteiger partial charge in [0.1, 0.15) is 11.6 Å². The van der Waals surface area contributed by atoms with Crippen molar-refractivity contribution in [3.8, 4) is 0 Å². The number of carbonyl (C=O) groups is 3. The first-order valence-corrected chi connectivity index (χ1v) is 15.0. The summed E-state index contributed by atoms with van der Waals surface area (Å²) in [4.78, 5) is 43.4. The van der Waals surface area contributed by atoms with Crippen LogP contribution in [-0.2, 0) is 19.1 Å². The topological polar surface area (TPSA) is 87.7 Å². The van der Waals surface area contributed by atoms with E-state index < -0.39 is 29.6 Å². The summed E-state index contributed by atoms with van der Waals surface area (Å²) in [5, 5.41) is 6.93. The average molecular weight is 573 g/mol. The zero-order valence-corrected chi connectivity index (χ0v) is 23.5. The molecule has 208 valence electrons. The van der Waals surface area contributed by atoms with Gasteiger partial charge in [-0.3, -0.25) is 14.4 Å². The van der Waals surface area contributed by atoms with E-state index in [2.05, 4.69) is 16.7 Å². The zero-order valence-electron chi connectivity index (χ0n) is 22.0. The van der Waals surface area contributed by atoms with E-state index in [4.69, 9.17) is 27.9 Å². The number of amides is 3. The lowest BCUT2D eigenvalue weighted by atomic mass is 9.74. The second kappa shape index (κ2) is 10.9. The zero-order chi connectivity index (χ0) is 27.1. The Morgan fingerprint density at radius 3 is 2.51 bits per heavy atom. The fourth-order valence-electron chi connectivity index (χ4n) is 7.28. The largest absolute Gasteiger partial charge is 0.359 e. The number of nitrogens with one attached hydrogen (secondary N) is 2. The van der Waals surface area contributed by atoms with Gasteiger partial charge in [0.25, 0.3) is 0 Å². The van der Waals surface area contributed by atoms with Crippen LogP contribution in [0.4, 0.5) is 5.69 Å². The third kappa shape index (κ3) is 5.02. The van der Waals surface area contributed by atoms with Gasteiger partial charge in [-0.25, -0.2) is 0 Å². The van der Waals surface area contributed by atoms with Crippen LogP contribution in [0.1, 0.15) is 64.2 Å². The van der Waals surface area contributed by atoms with Gasteiger partial charge in [0, 0.05) is 28.3 Å². The number of anilines is 1. The molecule has 9 heteroatoms. The molecule has 1 spiro atoms. The molecule has 3 heterocycles. The number of ether oxygens (including phenoxy) is 1. The van der Waals surface area contributed by atoms with E-state index >= 15 is 0 Å². The molecule has 0 unspecified atom stereocenters. The normalized spacial score (nSPS) is 31.8. The number of fused-ring (bicyclic) bond motifs is 1. The van der Waals surface area contributed by atoms with E-state index in [0.717, 1.165) is 51.4 Å². The van der Waals surface area contributed by atoms with Gasteiger partial charge in [0.2, 0.25) is 17.7 Å². The third-order valence-electron chi connectivity index (χ3n) is 9.07. The maximum Gasteiger partial charge on any atom is 0.246 e. The number of benzene rings is 1. The van der Waals surface area contributed by atoms with Crippen molar-refractivity contribution in [2.45, 2.75) is 88.0 Å². The Morgan fingerprint density at radius 1 is 1.03 bits per heavy atom. The molecule has 3 fully saturated rings. The van der Waals surface area contributed by atoms with Gasteiger partial charge in [-0.1, -0.05) is 66.3 Å². The van der Waals surface area contributed by atoms with Crippen LogP contribution >= 0.6 is 23.2 Å². The van der Waals surface area contributed by atoms with Crippen LogP contribution in [0.15, 0.2) is 42.0 Å². The molecule has 1 saturated carbocycles. The molecule has 3 aliphatic heterocycles.